The Labute approximate surface area is 94.2 Å². The van der Waals surface area contributed by atoms with Crippen molar-refractivity contribution >= 4 is 5.69 Å². The fourth-order valence-corrected chi connectivity index (χ4v) is 3.45. The van der Waals surface area contributed by atoms with Gasteiger partial charge in [-0.25, -0.2) is 0 Å². The van der Waals surface area contributed by atoms with Crippen molar-refractivity contribution in [3.8, 4) is 6.07 Å². The van der Waals surface area contributed by atoms with Crippen LogP contribution in [0.5, 0.6) is 0 Å². The predicted octanol–water partition coefficient (Wildman–Crippen LogP) is 1.68. The number of nitrogens with zero attached hydrogens (tertiary/aromatic N) is 2. The maximum Gasteiger partial charge on any atom is 0.0991 e. The van der Waals surface area contributed by atoms with E-state index in [1.165, 1.54) is 18.5 Å². The Morgan fingerprint density at radius 3 is 2.56 bits per heavy atom. The van der Waals surface area contributed by atoms with Crippen LogP contribution in [0, 0.1) is 11.3 Å². The van der Waals surface area contributed by atoms with Gasteiger partial charge in [-0.15, -0.1) is 0 Å². The van der Waals surface area contributed by atoms with Crippen LogP contribution < -0.4 is 4.90 Å². The van der Waals surface area contributed by atoms with Crippen molar-refractivity contribution in [2.75, 3.05) is 11.4 Å². The van der Waals surface area contributed by atoms with Crippen LogP contribution in [0.2, 0.25) is 0 Å². The monoisotopic (exact) mass is 212 g/mol. The molecule has 0 N–H and O–H groups in total. The molecule has 3 heterocycles. The molecule has 0 aromatic heterocycles. The minimum Gasteiger partial charge on any atom is -0.367 e. The number of ether oxygens (including phenoxy) is 1. The molecule has 3 bridgehead atoms. The van der Waals surface area contributed by atoms with E-state index in [1.807, 2.05) is 12.1 Å². The molecule has 1 spiro atoms. The van der Waals surface area contributed by atoms with Gasteiger partial charge in [0.1, 0.15) is 0 Å². The van der Waals surface area contributed by atoms with Gasteiger partial charge in [0.2, 0.25) is 0 Å². The van der Waals surface area contributed by atoms with Crippen LogP contribution in [0.3, 0.4) is 0 Å². The van der Waals surface area contributed by atoms with Crippen molar-refractivity contribution in [3.63, 3.8) is 0 Å². The number of rotatable bonds is 1. The summed E-state index contributed by atoms with van der Waals surface area (Å²) in [7, 11) is 0. The zero-order valence-corrected chi connectivity index (χ0v) is 8.89. The van der Waals surface area contributed by atoms with E-state index in [-0.39, 0.29) is 5.60 Å². The van der Waals surface area contributed by atoms with Crippen molar-refractivity contribution < 1.29 is 4.74 Å². The maximum atomic E-state index is 8.76. The topological polar surface area (TPSA) is 36.3 Å². The van der Waals surface area contributed by atoms with Crippen molar-refractivity contribution in [1.29, 1.82) is 5.26 Å². The molecule has 4 fully saturated rings. The quantitative estimate of drug-likeness (QED) is 0.710. The molecular formula is C13H12N2O. The van der Waals surface area contributed by atoms with Gasteiger partial charge < -0.3 is 9.64 Å². The molecule has 1 saturated carbocycles. The van der Waals surface area contributed by atoms with Gasteiger partial charge in [-0.1, -0.05) is 0 Å². The molecule has 1 aromatic carbocycles. The summed E-state index contributed by atoms with van der Waals surface area (Å²) in [5.74, 6) is 0. The predicted molar refractivity (Wildman–Crippen MR) is 59.1 cm³/mol. The Bertz CT molecular complexity index is 482. The number of anilines is 1. The summed E-state index contributed by atoms with van der Waals surface area (Å²) >= 11 is 0. The van der Waals surface area contributed by atoms with E-state index in [2.05, 4.69) is 23.1 Å². The Hall–Kier alpha value is -1.53. The van der Waals surface area contributed by atoms with Gasteiger partial charge in [0, 0.05) is 25.1 Å². The fourth-order valence-electron chi connectivity index (χ4n) is 3.45. The normalized spacial score (nSPS) is 38.3. The highest BCUT2D eigenvalue weighted by atomic mass is 16.6. The standard InChI is InChI=1S/C13H12N2O/c14-7-9-1-3-10(4-2-9)15-8-13-5-11(15)12(6-13)16-13/h1-4,11-12H,5-6,8H2/t11?,12-,13+/m0/s1. The van der Waals surface area contributed by atoms with Gasteiger partial charge in [-0.2, -0.15) is 5.26 Å². The highest BCUT2D eigenvalue weighted by Gasteiger charge is 2.65. The number of piperidine rings is 1. The molecule has 1 unspecified atom stereocenters. The first kappa shape index (κ1) is 8.60. The lowest BCUT2D eigenvalue weighted by Gasteiger charge is -2.47. The lowest BCUT2D eigenvalue weighted by molar-refractivity contribution is -0.160. The Kier molecular flexibility index (Phi) is 1.39. The number of nitriles is 1. The first-order valence-corrected chi connectivity index (χ1v) is 5.74. The molecule has 3 saturated heterocycles. The molecule has 4 aliphatic rings. The number of hydrogen-bond donors (Lipinski definition) is 0. The second-order valence-electron chi connectivity index (χ2n) is 5.10. The third-order valence-corrected chi connectivity index (χ3v) is 4.17. The summed E-state index contributed by atoms with van der Waals surface area (Å²) in [6.07, 6.45) is 2.91. The highest BCUT2D eigenvalue weighted by Crippen LogP contribution is 2.56. The fraction of sp³-hybridized carbons (Fsp3) is 0.462. The number of morpholine rings is 1. The summed E-state index contributed by atoms with van der Waals surface area (Å²) in [6.45, 7) is 1.03. The van der Waals surface area contributed by atoms with Gasteiger partial charge in [-0.05, 0) is 24.3 Å². The van der Waals surface area contributed by atoms with Gasteiger partial charge in [-0.3, -0.25) is 0 Å². The van der Waals surface area contributed by atoms with Crippen molar-refractivity contribution in [3.05, 3.63) is 29.8 Å². The van der Waals surface area contributed by atoms with Crippen LogP contribution in [0.25, 0.3) is 0 Å². The minimum atomic E-state index is 0.184. The van der Waals surface area contributed by atoms with Crippen LogP contribution in [0.15, 0.2) is 24.3 Å². The molecule has 0 amide bonds. The van der Waals surface area contributed by atoms with Crippen LogP contribution in [-0.4, -0.2) is 24.3 Å². The summed E-state index contributed by atoms with van der Waals surface area (Å²) in [5, 5.41) is 8.76. The van der Waals surface area contributed by atoms with E-state index < -0.39 is 0 Å². The van der Waals surface area contributed by atoms with Crippen molar-refractivity contribution in [2.24, 2.45) is 0 Å². The Balaban J connectivity index is 1.65. The molecule has 16 heavy (non-hydrogen) atoms. The van der Waals surface area contributed by atoms with E-state index in [9.17, 15) is 0 Å². The zero-order valence-electron chi connectivity index (χ0n) is 8.89. The average Bonchev–Trinajstić information content (AvgIpc) is 2.93. The van der Waals surface area contributed by atoms with Gasteiger partial charge >= 0.3 is 0 Å². The molecule has 0 radical (unpaired) electrons. The molecule has 3 aliphatic heterocycles. The summed E-state index contributed by atoms with van der Waals surface area (Å²) in [4.78, 5) is 2.44. The third-order valence-electron chi connectivity index (χ3n) is 4.17. The van der Waals surface area contributed by atoms with Gasteiger partial charge in [0.15, 0.2) is 0 Å². The summed E-state index contributed by atoms with van der Waals surface area (Å²) in [6, 6.07) is 10.6. The summed E-state index contributed by atoms with van der Waals surface area (Å²) < 4.78 is 5.84. The molecule has 3 heteroatoms. The minimum absolute atomic E-state index is 0.184. The molecular weight excluding hydrogens is 200 g/mol. The van der Waals surface area contributed by atoms with Gasteiger partial charge in [0.05, 0.1) is 29.4 Å². The maximum absolute atomic E-state index is 8.76. The zero-order chi connectivity index (χ0) is 10.8. The number of hydrogen-bond acceptors (Lipinski definition) is 3. The largest absolute Gasteiger partial charge is 0.367 e. The van der Waals surface area contributed by atoms with Crippen molar-refractivity contribution in [2.45, 2.75) is 30.6 Å². The molecule has 1 aromatic rings. The van der Waals surface area contributed by atoms with E-state index in [1.54, 1.807) is 0 Å². The summed E-state index contributed by atoms with van der Waals surface area (Å²) in [5.41, 5.74) is 2.15. The molecule has 80 valence electrons. The Morgan fingerprint density at radius 2 is 2.06 bits per heavy atom. The van der Waals surface area contributed by atoms with Crippen LogP contribution in [-0.2, 0) is 4.74 Å². The first-order chi connectivity index (χ1) is 7.80. The molecule has 1 aliphatic carbocycles. The van der Waals surface area contributed by atoms with E-state index in [0.717, 1.165) is 12.1 Å². The van der Waals surface area contributed by atoms with E-state index >= 15 is 0 Å². The van der Waals surface area contributed by atoms with Crippen LogP contribution >= 0.6 is 0 Å². The smallest absolute Gasteiger partial charge is 0.0991 e. The molecule has 3 atom stereocenters. The molecule has 5 rings (SSSR count). The third kappa shape index (κ3) is 0.910. The lowest BCUT2D eigenvalue weighted by Crippen LogP contribution is -2.57. The van der Waals surface area contributed by atoms with Gasteiger partial charge in [0.25, 0.3) is 0 Å². The number of benzene rings is 1. The lowest BCUT2D eigenvalue weighted by atomic mass is 9.95. The second-order valence-corrected chi connectivity index (χ2v) is 5.10. The average molecular weight is 212 g/mol. The van der Waals surface area contributed by atoms with E-state index in [0.29, 0.717) is 12.1 Å². The van der Waals surface area contributed by atoms with Crippen LogP contribution in [0.4, 0.5) is 5.69 Å². The SMILES string of the molecule is N#Cc1ccc(N2C[C@@]34CC2[C@H](C3)O4)cc1. The van der Waals surface area contributed by atoms with E-state index in [4.69, 9.17) is 10.00 Å². The first-order valence-electron chi connectivity index (χ1n) is 5.74. The Morgan fingerprint density at radius 1 is 1.31 bits per heavy atom. The highest BCUT2D eigenvalue weighted by molar-refractivity contribution is 5.54. The molecule has 3 nitrogen and oxygen atoms in total. The van der Waals surface area contributed by atoms with Crippen molar-refractivity contribution in [1.82, 2.24) is 0 Å². The second kappa shape index (κ2) is 2.58. The van der Waals surface area contributed by atoms with Crippen LogP contribution in [0.1, 0.15) is 18.4 Å².